The summed E-state index contributed by atoms with van der Waals surface area (Å²) in [5, 5.41) is 26.0. The second-order valence-corrected chi connectivity index (χ2v) is 10.9. The van der Waals surface area contributed by atoms with E-state index in [1.54, 1.807) is 6.92 Å². The van der Waals surface area contributed by atoms with E-state index < -0.39 is 54.3 Å². The van der Waals surface area contributed by atoms with Crippen LogP contribution in [0.25, 0.3) is 43.6 Å². The molecule has 2 aromatic heterocycles. The third kappa shape index (κ3) is 2.94. The first kappa shape index (κ1) is 24.1. The summed E-state index contributed by atoms with van der Waals surface area (Å²) in [7, 11) is 0. The molecular weight excluding hydrogens is 530 g/mol. The summed E-state index contributed by atoms with van der Waals surface area (Å²) in [4.78, 5) is 50.4. The molecule has 1 fully saturated rings. The van der Waals surface area contributed by atoms with Crippen molar-refractivity contribution in [2.24, 2.45) is 0 Å². The quantitative estimate of drug-likeness (QED) is 0.226. The second-order valence-electron chi connectivity index (χ2n) is 10.9. The van der Waals surface area contributed by atoms with Crippen LogP contribution in [0, 0.1) is 0 Å². The number of carboxylic acid groups (broad SMARTS) is 1. The molecule has 0 saturated carbocycles. The molecule has 2 amide bonds. The number of carbonyl (C=O) groups excluding carboxylic acids is 3. The summed E-state index contributed by atoms with van der Waals surface area (Å²) in [5.74, 6) is -2.82. The molecule has 11 nitrogen and oxygen atoms in total. The van der Waals surface area contributed by atoms with Gasteiger partial charge in [-0.2, -0.15) is 0 Å². The first-order valence-corrected chi connectivity index (χ1v) is 13.4. The molecule has 1 unspecified atom stereocenters. The number of hydrogen-bond donors (Lipinski definition) is 3. The van der Waals surface area contributed by atoms with Gasteiger partial charge in [0.1, 0.15) is 18.4 Å². The summed E-state index contributed by atoms with van der Waals surface area (Å²) < 4.78 is 16.3. The summed E-state index contributed by atoms with van der Waals surface area (Å²) in [6, 6.07) is 14.9. The van der Waals surface area contributed by atoms with Gasteiger partial charge in [0.2, 0.25) is 0 Å². The fourth-order valence-corrected chi connectivity index (χ4v) is 7.12. The number of aromatic nitrogens is 2. The third-order valence-corrected chi connectivity index (χ3v) is 8.71. The first-order valence-electron chi connectivity index (χ1n) is 13.4. The minimum Gasteiger partial charge on any atom is -0.481 e. The van der Waals surface area contributed by atoms with Crippen LogP contribution < -0.4 is 5.32 Å². The molecule has 1 saturated heterocycles. The number of hydrogen-bond acceptors (Lipinski definition) is 7. The maximum Gasteiger partial charge on any atom is 0.306 e. The molecule has 5 aromatic rings. The topological polar surface area (TPSA) is 149 Å². The lowest BCUT2D eigenvalue weighted by atomic mass is 9.95. The summed E-state index contributed by atoms with van der Waals surface area (Å²) >= 11 is 0. The second kappa shape index (κ2) is 7.93. The van der Waals surface area contributed by atoms with Gasteiger partial charge >= 0.3 is 11.9 Å². The van der Waals surface area contributed by atoms with E-state index in [2.05, 4.69) is 5.32 Å². The highest BCUT2D eigenvalue weighted by atomic mass is 16.6. The van der Waals surface area contributed by atoms with Crippen molar-refractivity contribution < 1.29 is 38.9 Å². The number of imide groups is 1. The van der Waals surface area contributed by atoms with Gasteiger partial charge in [0, 0.05) is 28.0 Å². The molecular formula is C30H23N3O8. The van der Waals surface area contributed by atoms with Gasteiger partial charge in [-0.05, 0) is 19.1 Å². The highest BCUT2D eigenvalue weighted by Crippen LogP contribution is 2.53. The molecule has 3 aliphatic heterocycles. The van der Waals surface area contributed by atoms with Crippen molar-refractivity contribution in [2.45, 2.75) is 50.3 Å². The number of amides is 2. The molecule has 4 atom stereocenters. The minimum atomic E-state index is -1.47. The zero-order chi connectivity index (χ0) is 28.4. The van der Waals surface area contributed by atoms with Crippen LogP contribution in [0.5, 0.6) is 0 Å². The molecule has 11 heteroatoms. The highest BCUT2D eigenvalue weighted by Gasteiger charge is 2.54. The van der Waals surface area contributed by atoms with Crippen molar-refractivity contribution in [2.75, 3.05) is 0 Å². The third-order valence-electron chi connectivity index (χ3n) is 8.71. The molecule has 3 aliphatic rings. The van der Waals surface area contributed by atoms with Gasteiger partial charge in [-0.3, -0.25) is 24.5 Å². The SMILES string of the molecule is CC12O[C@H](C[C@@H](OC(=O)CCC(=O)O)[C@H]1O)n1c3ccccc3c3c4c(c5c6ccccc6n2c5c31)C(=O)NC4=O. The van der Waals surface area contributed by atoms with Crippen LogP contribution in [-0.4, -0.2) is 55.3 Å². The van der Waals surface area contributed by atoms with E-state index in [9.17, 15) is 24.3 Å². The Kier molecular flexibility index (Phi) is 4.66. The zero-order valence-corrected chi connectivity index (χ0v) is 21.7. The predicted molar refractivity (Wildman–Crippen MR) is 145 cm³/mol. The van der Waals surface area contributed by atoms with Gasteiger partial charge in [-0.15, -0.1) is 0 Å². The number of ether oxygens (including phenoxy) is 2. The number of aliphatic carboxylic acids is 1. The number of para-hydroxylation sites is 2. The highest BCUT2D eigenvalue weighted by molar-refractivity contribution is 6.39. The van der Waals surface area contributed by atoms with Gasteiger partial charge in [-0.1, -0.05) is 36.4 Å². The van der Waals surface area contributed by atoms with Gasteiger partial charge in [0.15, 0.2) is 5.72 Å². The standard InChI is InChI=1S/C30H23N3O8/c1-30-27(37)17(40-20(36)11-10-19(34)35)12-18(41-30)32-15-8-4-2-6-13(15)21-23-24(29(39)31-28(23)38)22-14-7-3-5-9-16(14)33(30)26(22)25(21)32/h2-9,17-18,27,37H,10-12H2,1H3,(H,34,35)(H,31,38,39)/t17-,18-,27-,30?/m1/s1. The van der Waals surface area contributed by atoms with E-state index in [1.807, 2.05) is 57.7 Å². The number of nitrogens with one attached hydrogen (secondary N) is 1. The Morgan fingerprint density at radius 3 is 2.27 bits per heavy atom. The van der Waals surface area contributed by atoms with E-state index in [0.717, 1.165) is 10.9 Å². The first-order chi connectivity index (χ1) is 19.7. The number of nitrogens with zero attached hydrogens (tertiary/aromatic N) is 2. The Morgan fingerprint density at radius 1 is 0.976 bits per heavy atom. The van der Waals surface area contributed by atoms with Crippen LogP contribution in [0.2, 0.25) is 0 Å². The van der Waals surface area contributed by atoms with Crippen LogP contribution in [0.1, 0.15) is 53.1 Å². The Morgan fingerprint density at radius 2 is 1.59 bits per heavy atom. The van der Waals surface area contributed by atoms with Crippen LogP contribution in [0.3, 0.4) is 0 Å². The lowest BCUT2D eigenvalue weighted by molar-refractivity contribution is -0.275. The number of carboxylic acids is 1. The van der Waals surface area contributed by atoms with E-state index >= 15 is 0 Å². The van der Waals surface area contributed by atoms with Crippen molar-refractivity contribution in [1.29, 1.82) is 0 Å². The van der Waals surface area contributed by atoms with Crippen molar-refractivity contribution in [3.8, 4) is 0 Å². The maximum absolute atomic E-state index is 13.4. The number of carbonyl (C=O) groups is 4. The molecule has 0 aliphatic carbocycles. The number of esters is 1. The summed E-state index contributed by atoms with van der Waals surface area (Å²) in [6.07, 6.45) is -3.76. The molecule has 5 heterocycles. The average molecular weight is 554 g/mol. The summed E-state index contributed by atoms with van der Waals surface area (Å²) in [6.45, 7) is 1.71. The molecule has 3 aromatic carbocycles. The van der Waals surface area contributed by atoms with E-state index in [-0.39, 0.29) is 18.4 Å². The molecule has 8 rings (SSSR count). The zero-order valence-electron chi connectivity index (χ0n) is 21.7. The van der Waals surface area contributed by atoms with Crippen molar-refractivity contribution in [3.63, 3.8) is 0 Å². The van der Waals surface area contributed by atoms with Crippen molar-refractivity contribution in [1.82, 2.24) is 14.5 Å². The molecule has 206 valence electrons. The van der Waals surface area contributed by atoms with Crippen LogP contribution in [0.15, 0.2) is 48.5 Å². The largest absolute Gasteiger partial charge is 0.481 e. The molecule has 3 N–H and O–H groups in total. The fraction of sp³-hybridized carbons (Fsp3) is 0.267. The van der Waals surface area contributed by atoms with Crippen molar-refractivity contribution in [3.05, 3.63) is 59.7 Å². The van der Waals surface area contributed by atoms with Crippen molar-refractivity contribution >= 4 is 67.4 Å². The smallest absolute Gasteiger partial charge is 0.306 e. The predicted octanol–water partition coefficient (Wildman–Crippen LogP) is 3.53. The number of benzene rings is 3. The molecule has 0 spiro atoms. The van der Waals surface area contributed by atoms with Crippen LogP contribution in [-0.2, 0) is 24.8 Å². The average Bonchev–Trinajstić information content (AvgIpc) is 3.54. The lowest BCUT2D eigenvalue weighted by Crippen LogP contribution is -2.56. The molecule has 0 radical (unpaired) electrons. The Labute approximate surface area is 230 Å². The van der Waals surface area contributed by atoms with Gasteiger partial charge in [0.25, 0.3) is 11.8 Å². The molecule has 41 heavy (non-hydrogen) atoms. The number of rotatable bonds is 4. The minimum absolute atomic E-state index is 0.0792. The number of aliphatic hydroxyl groups is 1. The number of aliphatic hydroxyl groups excluding tert-OH is 1. The van der Waals surface area contributed by atoms with Gasteiger partial charge in [-0.25, -0.2) is 0 Å². The fourth-order valence-electron chi connectivity index (χ4n) is 7.12. The molecule has 2 bridgehead atoms. The number of fused-ring (bicyclic) bond motifs is 13. The lowest BCUT2D eigenvalue weighted by Gasteiger charge is -2.46. The maximum atomic E-state index is 13.4. The Bertz CT molecular complexity index is 2060. The Hall–Kier alpha value is -4.74. The van der Waals surface area contributed by atoms with E-state index in [4.69, 9.17) is 14.6 Å². The monoisotopic (exact) mass is 553 g/mol. The van der Waals surface area contributed by atoms with E-state index in [1.165, 1.54) is 0 Å². The van der Waals surface area contributed by atoms with Crippen LogP contribution >= 0.6 is 0 Å². The Balaban J connectivity index is 1.51. The summed E-state index contributed by atoms with van der Waals surface area (Å²) in [5.41, 5.74) is 1.84. The van der Waals surface area contributed by atoms with E-state index in [0.29, 0.717) is 38.3 Å². The van der Waals surface area contributed by atoms with Crippen LogP contribution in [0.4, 0.5) is 0 Å². The van der Waals surface area contributed by atoms with Gasteiger partial charge in [0.05, 0.1) is 46.0 Å². The normalized spacial score (nSPS) is 24.8. The van der Waals surface area contributed by atoms with Gasteiger partial charge < -0.3 is 28.8 Å².